The van der Waals surface area contributed by atoms with Crippen molar-refractivity contribution < 1.29 is 8.42 Å². The van der Waals surface area contributed by atoms with Gasteiger partial charge in [-0.25, -0.2) is 8.42 Å². The average molecular weight is 251 g/mol. The van der Waals surface area contributed by atoms with Gasteiger partial charge in [0, 0.05) is 6.04 Å². The van der Waals surface area contributed by atoms with Crippen molar-refractivity contribution in [3.63, 3.8) is 0 Å². The molecule has 1 fully saturated rings. The lowest BCUT2D eigenvalue weighted by atomic mass is 10.2. The minimum absolute atomic E-state index is 0.256. The van der Waals surface area contributed by atoms with Crippen molar-refractivity contribution in [1.29, 1.82) is 0 Å². The third-order valence-corrected chi connectivity index (χ3v) is 5.07. The molecule has 15 heavy (non-hydrogen) atoms. The van der Waals surface area contributed by atoms with E-state index in [0.29, 0.717) is 11.5 Å². The molecule has 0 bridgehead atoms. The first-order valence-electron chi connectivity index (χ1n) is 5.57. The number of hydrogen-bond acceptors (Lipinski definition) is 4. The van der Waals surface area contributed by atoms with Gasteiger partial charge in [-0.2, -0.15) is 12.6 Å². The van der Waals surface area contributed by atoms with Gasteiger partial charge in [-0.05, 0) is 38.6 Å². The Morgan fingerprint density at radius 1 is 1.33 bits per heavy atom. The van der Waals surface area contributed by atoms with Crippen molar-refractivity contribution in [2.24, 2.45) is 0 Å². The van der Waals surface area contributed by atoms with Gasteiger partial charge in [-0.1, -0.05) is 6.42 Å². The molecule has 1 saturated heterocycles. The van der Waals surface area contributed by atoms with Gasteiger partial charge in [0.05, 0.1) is 11.5 Å². The fourth-order valence-electron chi connectivity index (χ4n) is 1.96. The molecule has 0 radical (unpaired) electrons. The molecule has 1 atom stereocenters. The van der Waals surface area contributed by atoms with Gasteiger partial charge < -0.3 is 4.90 Å². The molecule has 1 unspecified atom stereocenters. The van der Waals surface area contributed by atoms with E-state index in [1.807, 2.05) is 7.05 Å². The van der Waals surface area contributed by atoms with Crippen LogP contribution in [0.15, 0.2) is 0 Å². The summed E-state index contributed by atoms with van der Waals surface area (Å²) >= 11 is 4.16. The van der Waals surface area contributed by atoms with Crippen molar-refractivity contribution in [3.8, 4) is 0 Å². The lowest BCUT2D eigenvalue weighted by Crippen LogP contribution is -2.33. The highest BCUT2D eigenvalue weighted by Crippen LogP contribution is 2.16. The number of unbranched alkanes of at least 4 members (excludes halogenated alkanes) is 2. The Morgan fingerprint density at radius 2 is 2.07 bits per heavy atom. The van der Waals surface area contributed by atoms with E-state index in [9.17, 15) is 8.42 Å². The molecule has 1 rings (SSSR count). The number of hydrogen-bond donors (Lipinski definition) is 1. The molecule has 0 spiro atoms. The van der Waals surface area contributed by atoms with E-state index in [0.717, 1.165) is 31.6 Å². The maximum absolute atomic E-state index is 11.3. The lowest BCUT2D eigenvalue weighted by Gasteiger charge is -2.22. The summed E-state index contributed by atoms with van der Waals surface area (Å²) in [4.78, 5) is 2.20. The molecule has 5 heteroatoms. The van der Waals surface area contributed by atoms with Gasteiger partial charge in [-0.15, -0.1) is 0 Å². The van der Waals surface area contributed by atoms with E-state index < -0.39 is 9.84 Å². The van der Waals surface area contributed by atoms with Crippen LogP contribution in [0.4, 0.5) is 0 Å². The number of sulfone groups is 1. The second-order valence-electron chi connectivity index (χ2n) is 4.32. The Morgan fingerprint density at radius 3 is 2.60 bits per heavy atom. The Bertz CT molecular complexity index is 277. The highest BCUT2D eigenvalue weighted by Gasteiger charge is 2.30. The van der Waals surface area contributed by atoms with Crippen LogP contribution in [0.2, 0.25) is 0 Å². The van der Waals surface area contributed by atoms with Gasteiger partial charge >= 0.3 is 0 Å². The van der Waals surface area contributed by atoms with E-state index in [1.54, 1.807) is 0 Å². The molecular weight excluding hydrogens is 230 g/mol. The lowest BCUT2D eigenvalue weighted by molar-refractivity contribution is 0.257. The molecule has 0 amide bonds. The second kappa shape index (κ2) is 6.11. The second-order valence-corrected chi connectivity index (χ2v) is 7.00. The molecule has 3 nitrogen and oxygen atoms in total. The minimum Gasteiger partial charge on any atom is -0.302 e. The van der Waals surface area contributed by atoms with Crippen LogP contribution >= 0.6 is 12.6 Å². The zero-order valence-electron chi connectivity index (χ0n) is 9.35. The standard InChI is InChI=1S/C10H21NO2S2/c1-11(6-3-2-4-7-14)10-5-8-15(12,13)9-10/h10,14H,2-9H2,1H3. The van der Waals surface area contributed by atoms with Crippen LogP contribution < -0.4 is 0 Å². The Hall–Kier alpha value is 0.260. The molecule has 90 valence electrons. The molecule has 0 aromatic rings. The summed E-state index contributed by atoms with van der Waals surface area (Å²) in [6.07, 6.45) is 4.30. The summed E-state index contributed by atoms with van der Waals surface area (Å²) in [5.41, 5.74) is 0. The van der Waals surface area contributed by atoms with Crippen LogP contribution in [0.1, 0.15) is 25.7 Å². The smallest absolute Gasteiger partial charge is 0.151 e. The number of nitrogens with zero attached hydrogens (tertiary/aromatic N) is 1. The van der Waals surface area contributed by atoms with E-state index in [2.05, 4.69) is 17.5 Å². The topological polar surface area (TPSA) is 37.4 Å². The van der Waals surface area contributed by atoms with Crippen LogP contribution in [-0.2, 0) is 9.84 Å². The van der Waals surface area contributed by atoms with Gasteiger partial charge in [0.1, 0.15) is 0 Å². The summed E-state index contributed by atoms with van der Waals surface area (Å²) < 4.78 is 22.6. The Labute approximate surface area is 98.6 Å². The first-order chi connectivity index (χ1) is 7.05. The fraction of sp³-hybridized carbons (Fsp3) is 1.00. The molecule has 0 aliphatic carbocycles. The fourth-order valence-corrected chi connectivity index (χ4v) is 3.98. The number of rotatable bonds is 6. The van der Waals surface area contributed by atoms with Crippen molar-refractivity contribution in [1.82, 2.24) is 4.90 Å². The highest BCUT2D eigenvalue weighted by molar-refractivity contribution is 7.91. The summed E-state index contributed by atoms with van der Waals surface area (Å²) in [5, 5.41) is 0. The zero-order chi connectivity index (χ0) is 11.3. The monoisotopic (exact) mass is 251 g/mol. The zero-order valence-corrected chi connectivity index (χ0v) is 11.1. The molecule has 0 saturated carbocycles. The van der Waals surface area contributed by atoms with Gasteiger partial charge in [0.2, 0.25) is 0 Å². The van der Waals surface area contributed by atoms with Crippen LogP contribution in [0.3, 0.4) is 0 Å². The molecule has 0 aromatic carbocycles. The van der Waals surface area contributed by atoms with Crippen molar-refractivity contribution in [2.75, 3.05) is 30.9 Å². The summed E-state index contributed by atoms with van der Waals surface area (Å²) in [7, 11) is -0.696. The summed E-state index contributed by atoms with van der Waals surface area (Å²) in [5.74, 6) is 1.68. The average Bonchev–Trinajstić information content (AvgIpc) is 2.53. The van der Waals surface area contributed by atoms with Gasteiger partial charge in [0.15, 0.2) is 9.84 Å². The largest absolute Gasteiger partial charge is 0.302 e. The van der Waals surface area contributed by atoms with Crippen LogP contribution in [0.5, 0.6) is 0 Å². The molecular formula is C10H21NO2S2. The minimum atomic E-state index is -2.73. The maximum atomic E-state index is 11.3. The van der Waals surface area contributed by atoms with Crippen molar-refractivity contribution >= 4 is 22.5 Å². The van der Waals surface area contributed by atoms with E-state index in [1.165, 1.54) is 6.42 Å². The predicted molar refractivity (Wildman–Crippen MR) is 67.4 cm³/mol. The molecule has 1 heterocycles. The molecule has 1 aliphatic heterocycles. The van der Waals surface area contributed by atoms with E-state index in [-0.39, 0.29) is 6.04 Å². The van der Waals surface area contributed by atoms with Gasteiger partial charge in [0.25, 0.3) is 0 Å². The van der Waals surface area contributed by atoms with Crippen LogP contribution in [-0.4, -0.2) is 50.2 Å². The SMILES string of the molecule is CN(CCCCCS)C1CCS(=O)(=O)C1. The highest BCUT2D eigenvalue weighted by atomic mass is 32.2. The van der Waals surface area contributed by atoms with Crippen LogP contribution in [0, 0.1) is 0 Å². The first-order valence-corrected chi connectivity index (χ1v) is 8.02. The Kier molecular flexibility index (Phi) is 5.43. The summed E-state index contributed by atoms with van der Waals surface area (Å²) in [6, 6.07) is 0.256. The molecule has 0 N–H and O–H groups in total. The van der Waals surface area contributed by atoms with Gasteiger partial charge in [-0.3, -0.25) is 0 Å². The van der Waals surface area contributed by atoms with Crippen molar-refractivity contribution in [2.45, 2.75) is 31.7 Å². The first kappa shape index (κ1) is 13.3. The van der Waals surface area contributed by atoms with E-state index in [4.69, 9.17) is 0 Å². The quantitative estimate of drug-likeness (QED) is 0.569. The summed E-state index contributed by atoms with van der Waals surface area (Å²) in [6.45, 7) is 1.01. The van der Waals surface area contributed by atoms with Crippen molar-refractivity contribution in [3.05, 3.63) is 0 Å². The van der Waals surface area contributed by atoms with E-state index >= 15 is 0 Å². The molecule has 1 aliphatic rings. The predicted octanol–water partition coefficient (Wildman–Crippen LogP) is 1.21. The van der Waals surface area contributed by atoms with Crippen LogP contribution in [0.25, 0.3) is 0 Å². The normalized spacial score (nSPS) is 24.9. The Balaban J connectivity index is 2.21. The maximum Gasteiger partial charge on any atom is 0.151 e. The number of thiol groups is 1. The third kappa shape index (κ3) is 4.74. The molecule has 0 aromatic heterocycles. The third-order valence-electron chi connectivity index (χ3n) is 3.00.